The van der Waals surface area contributed by atoms with Crippen LogP contribution in [0.3, 0.4) is 0 Å². The first-order chi connectivity index (χ1) is 14.0. The predicted octanol–water partition coefficient (Wildman–Crippen LogP) is 2.99. The minimum atomic E-state index is -0.574. The summed E-state index contributed by atoms with van der Waals surface area (Å²) in [6.07, 6.45) is 5.67. The van der Waals surface area contributed by atoms with Gasteiger partial charge in [-0.05, 0) is 31.9 Å². The maximum absolute atomic E-state index is 13.8. The SMILES string of the molecule is C[C@@H](NC(=O)c1ccccc1F)c1nnc(SCC(=O)NC2CCCCC2)n1C. The van der Waals surface area contributed by atoms with E-state index in [-0.39, 0.29) is 23.3 Å². The van der Waals surface area contributed by atoms with Crippen LogP contribution < -0.4 is 10.6 Å². The maximum Gasteiger partial charge on any atom is 0.254 e. The molecule has 1 aromatic heterocycles. The molecule has 9 heteroatoms. The summed E-state index contributed by atoms with van der Waals surface area (Å²) in [5, 5.41) is 14.7. The van der Waals surface area contributed by atoms with E-state index in [4.69, 9.17) is 0 Å². The standard InChI is InChI=1S/C20H26FN5O2S/c1-13(22-19(28)15-10-6-7-11-16(15)21)18-24-25-20(26(18)2)29-12-17(27)23-14-8-4-3-5-9-14/h6-7,10-11,13-14H,3-5,8-9,12H2,1-2H3,(H,22,28)(H,23,27)/t13-/m1/s1. The summed E-state index contributed by atoms with van der Waals surface area (Å²) in [5.74, 6) is -0.300. The molecular formula is C20H26FN5O2S. The summed E-state index contributed by atoms with van der Waals surface area (Å²) in [6, 6.07) is 5.63. The number of halogens is 1. The molecule has 29 heavy (non-hydrogen) atoms. The first-order valence-corrected chi connectivity index (χ1v) is 10.8. The van der Waals surface area contributed by atoms with Crippen LogP contribution in [0.2, 0.25) is 0 Å². The van der Waals surface area contributed by atoms with Crippen molar-refractivity contribution in [3.8, 4) is 0 Å². The lowest BCUT2D eigenvalue weighted by molar-refractivity contribution is -0.119. The number of carbonyl (C=O) groups is 2. The molecule has 0 spiro atoms. The molecule has 0 unspecified atom stereocenters. The number of carbonyl (C=O) groups excluding carboxylic acids is 2. The van der Waals surface area contributed by atoms with E-state index in [0.717, 1.165) is 12.8 Å². The van der Waals surface area contributed by atoms with Crippen LogP contribution in [-0.2, 0) is 11.8 Å². The van der Waals surface area contributed by atoms with Crippen molar-refractivity contribution in [3.63, 3.8) is 0 Å². The third kappa shape index (κ3) is 5.56. The molecule has 3 rings (SSSR count). The zero-order valence-corrected chi connectivity index (χ0v) is 17.5. The van der Waals surface area contributed by atoms with Gasteiger partial charge in [-0.3, -0.25) is 9.59 Å². The van der Waals surface area contributed by atoms with Crippen LogP contribution >= 0.6 is 11.8 Å². The second-order valence-corrected chi connectivity index (χ2v) is 8.21. The highest BCUT2D eigenvalue weighted by Gasteiger charge is 2.21. The molecule has 2 aromatic rings. The number of benzene rings is 1. The Kier molecular flexibility index (Phi) is 7.24. The molecule has 1 atom stereocenters. The van der Waals surface area contributed by atoms with Gasteiger partial charge in [0.2, 0.25) is 5.91 Å². The van der Waals surface area contributed by atoms with E-state index in [0.29, 0.717) is 11.0 Å². The van der Waals surface area contributed by atoms with Crippen molar-refractivity contribution in [2.75, 3.05) is 5.75 Å². The molecule has 0 radical (unpaired) electrons. The van der Waals surface area contributed by atoms with E-state index >= 15 is 0 Å². The topological polar surface area (TPSA) is 88.9 Å². The summed E-state index contributed by atoms with van der Waals surface area (Å²) < 4.78 is 15.5. The highest BCUT2D eigenvalue weighted by Crippen LogP contribution is 2.21. The molecule has 0 saturated heterocycles. The molecule has 7 nitrogen and oxygen atoms in total. The van der Waals surface area contributed by atoms with E-state index in [9.17, 15) is 14.0 Å². The lowest BCUT2D eigenvalue weighted by Crippen LogP contribution is -2.37. The third-order valence-corrected chi connectivity index (χ3v) is 6.04. The van der Waals surface area contributed by atoms with Crippen LogP contribution in [0.25, 0.3) is 0 Å². The van der Waals surface area contributed by atoms with Crippen LogP contribution in [-0.4, -0.2) is 38.4 Å². The van der Waals surface area contributed by atoms with Gasteiger partial charge in [0.25, 0.3) is 5.91 Å². The predicted molar refractivity (Wildman–Crippen MR) is 109 cm³/mol. The molecule has 1 aromatic carbocycles. The van der Waals surface area contributed by atoms with Crippen LogP contribution in [0, 0.1) is 5.82 Å². The summed E-state index contributed by atoms with van der Waals surface area (Å²) >= 11 is 1.30. The number of nitrogens with zero attached hydrogens (tertiary/aromatic N) is 3. The van der Waals surface area contributed by atoms with Gasteiger partial charge in [-0.15, -0.1) is 10.2 Å². The number of hydrogen-bond donors (Lipinski definition) is 2. The summed E-state index contributed by atoms with van der Waals surface area (Å²) in [6.45, 7) is 1.76. The Balaban J connectivity index is 1.54. The molecule has 1 aliphatic rings. The number of amides is 2. The van der Waals surface area contributed by atoms with Gasteiger partial charge >= 0.3 is 0 Å². The third-order valence-electron chi connectivity index (χ3n) is 5.02. The molecule has 1 fully saturated rings. The van der Waals surface area contributed by atoms with Gasteiger partial charge in [-0.25, -0.2) is 4.39 Å². The molecule has 156 valence electrons. The highest BCUT2D eigenvalue weighted by molar-refractivity contribution is 7.99. The van der Waals surface area contributed by atoms with Crippen molar-refractivity contribution < 1.29 is 14.0 Å². The summed E-state index contributed by atoms with van der Waals surface area (Å²) in [7, 11) is 1.78. The van der Waals surface area contributed by atoms with Crippen LogP contribution in [0.4, 0.5) is 4.39 Å². The van der Waals surface area contributed by atoms with E-state index in [1.807, 2.05) is 0 Å². The Hall–Kier alpha value is -2.42. The Labute approximate surface area is 173 Å². The maximum atomic E-state index is 13.8. The number of aromatic nitrogens is 3. The van der Waals surface area contributed by atoms with Crippen molar-refractivity contribution in [1.29, 1.82) is 0 Å². The van der Waals surface area contributed by atoms with Crippen LogP contribution in [0.5, 0.6) is 0 Å². The largest absolute Gasteiger partial charge is 0.353 e. The average Bonchev–Trinajstić information content (AvgIpc) is 3.08. The van der Waals surface area contributed by atoms with Crippen molar-refractivity contribution >= 4 is 23.6 Å². The van der Waals surface area contributed by atoms with Gasteiger partial charge in [-0.2, -0.15) is 0 Å². The van der Waals surface area contributed by atoms with E-state index in [1.165, 1.54) is 49.2 Å². The van der Waals surface area contributed by atoms with Crippen molar-refractivity contribution in [1.82, 2.24) is 25.4 Å². The Morgan fingerprint density at radius 3 is 2.69 bits per heavy atom. The zero-order valence-electron chi connectivity index (χ0n) is 16.7. The van der Waals surface area contributed by atoms with Gasteiger partial charge in [0, 0.05) is 13.1 Å². The average molecular weight is 420 g/mol. The normalized spacial score (nSPS) is 15.7. The quantitative estimate of drug-likeness (QED) is 0.674. The molecule has 2 N–H and O–H groups in total. The van der Waals surface area contributed by atoms with E-state index in [1.54, 1.807) is 24.6 Å². The Bertz CT molecular complexity index is 866. The Morgan fingerprint density at radius 1 is 1.24 bits per heavy atom. The fraction of sp³-hybridized carbons (Fsp3) is 0.500. The minimum absolute atomic E-state index is 0.00708. The number of rotatable bonds is 7. The molecule has 2 amide bonds. The van der Waals surface area contributed by atoms with E-state index in [2.05, 4.69) is 20.8 Å². The molecule has 1 saturated carbocycles. The van der Waals surface area contributed by atoms with Crippen molar-refractivity contribution in [2.24, 2.45) is 7.05 Å². The van der Waals surface area contributed by atoms with Crippen LogP contribution in [0.1, 0.15) is 61.3 Å². The van der Waals surface area contributed by atoms with Gasteiger partial charge in [0.05, 0.1) is 17.4 Å². The number of hydrogen-bond acceptors (Lipinski definition) is 5. The fourth-order valence-corrected chi connectivity index (χ4v) is 4.19. The monoisotopic (exact) mass is 419 g/mol. The van der Waals surface area contributed by atoms with Crippen molar-refractivity contribution in [3.05, 3.63) is 41.5 Å². The second-order valence-electron chi connectivity index (χ2n) is 7.27. The first kappa shape index (κ1) is 21.3. The summed E-state index contributed by atoms with van der Waals surface area (Å²) in [5.41, 5.74) is -0.0181. The zero-order chi connectivity index (χ0) is 20.8. The molecule has 1 aliphatic carbocycles. The highest BCUT2D eigenvalue weighted by atomic mass is 32.2. The molecule has 0 bridgehead atoms. The van der Waals surface area contributed by atoms with Crippen LogP contribution in [0.15, 0.2) is 29.4 Å². The summed E-state index contributed by atoms with van der Waals surface area (Å²) in [4.78, 5) is 24.5. The Morgan fingerprint density at radius 2 is 1.97 bits per heavy atom. The van der Waals surface area contributed by atoms with Gasteiger partial charge in [0.15, 0.2) is 11.0 Å². The molecular weight excluding hydrogens is 393 g/mol. The lowest BCUT2D eigenvalue weighted by atomic mass is 9.95. The molecule has 0 aliphatic heterocycles. The van der Waals surface area contributed by atoms with Gasteiger partial charge < -0.3 is 15.2 Å². The van der Waals surface area contributed by atoms with Gasteiger partial charge in [0.1, 0.15) is 5.82 Å². The molecule has 1 heterocycles. The lowest BCUT2D eigenvalue weighted by Gasteiger charge is -2.22. The number of nitrogens with one attached hydrogen (secondary N) is 2. The van der Waals surface area contributed by atoms with Crippen molar-refractivity contribution in [2.45, 2.75) is 56.3 Å². The van der Waals surface area contributed by atoms with Gasteiger partial charge in [-0.1, -0.05) is 43.2 Å². The number of thioether (sulfide) groups is 1. The fourth-order valence-electron chi connectivity index (χ4n) is 3.46. The smallest absolute Gasteiger partial charge is 0.254 e. The van der Waals surface area contributed by atoms with E-state index < -0.39 is 17.8 Å². The first-order valence-electron chi connectivity index (χ1n) is 9.82. The second kappa shape index (κ2) is 9.87. The minimum Gasteiger partial charge on any atom is -0.353 e.